The van der Waals surface area contributed by atoms with E-state index in [9.17, 15) is 17.8 Å². The number of nitrogens with zero attached hydrogens (tertiary/aromatic N) is 3. The van der Waals surface area contributed by atoms with Crippen molar-refractivity contribution in [3.05, 3.63) is 41.7 Å². The molecule has 1 heterocycles. The van der Waals surface area contributed by atoms with Crippen molar-refractivity contribution in [2.24, 2.45) is 5.92 Å². The summed E-state index contributed by atoms with van der Waals surface area (Å²) in [6, 6.07) is 3.03. The molecule has 5 nitrogen and oxygen atoms in total. The molecule has 112 valence electrons. The molecule has 0 fully saturated rings. The van der Waals surface area contributed by atoms with Crippen molar-refractivity contribution >= 4 is 16.6 Å². The molecule has 0 bridgehead atoms. The summed E-state index contributed by atoms with van der Waals surface area (Å²) < 4.78 is 39.0. The standard InChI is InChI=1S/C13H13F2N3O2S/c1-8(6-18-7-16-17-13(18)21(2)20)12(19)9-3-4-10(14)11(15)5-9/h3-5,7-8H,6H2,1-2H3/t8-,21+/m1/s1. The quantitative estimate of drug-likeness (QED) is 0.790. The molecule has 0 aliphatic rings. The Morgan fingerprint density at radius 1 is 1.38 bits per heavy atom. The summed E-state index contributed by atoms with van der Waals surface area (Å²) in [5.41, 5.74) is 0.0913. The Kier molecular flexibility index (Phi) is 4.56. The fourth-order valence-corrected chi connectivity index (χ4v) is 2.52. The Balaban J connectivity index is 2.17. The van der Waals surface area contributed by atoms with E-state index in [2.05, 4.69) is 10.2 Å². The number of aromatic nitrogens is 3. The molecule has 0 N–H and O–H groups in total. The third kappa shape index (κ3) is 3.38. The molecule has 1 aromatic carbocycles. The van der Waals surface area contributed by atoms with E-state index in [1.165, 1.54) is 23.2 Å². The number of hydrogen-bond acceptors (Lipinski definition) is 4. The third-order valence-corrected chi connectivity index (χ3v) is 3.79. The van der Waals surface area contributed by atoms with Gasteiger partial charge in [-0.1, -0.05) is 6.92 Å². The molecule has 0 radical (unpaired) electrons. The number of ketones is 1. The second kappa shape index (κ2) is 6.21. The van der Waals surface area contributed by atoms with Gasteiger partial charge in [0.25, 0.3) is 0 Å². The Morgan fingerprint density at radius 3 is 2.71 bits per heavy atom. The molecule has 8 heteroatoms. The maximum absolute atomic E-state index is 13.2. The summed E-state index contributed by atoms with van der Waals surface area (Å²) in [7, 11) is -1.32. The van der Waals surface area contributed by atoms with Crippen LogP contribution in [0.4, 0.5) is 8.78 Å². The smallest absolute Gasteiger partial charge is 0.221 e. The highest BCUT2D eigenvalue weighted by Gasteiger charge is 2.19. The minimum atomic E-state index is -1.32. The lowest BCUT2D eigenvalue weighted by atomic mass is 9.99. The highest BCUT2D eigenvalue weighted by molar-refractivity contribution is 7.84. The van der Waals surface area contributed by atoms with Gasteiger partial charge < -0.3 is 4.57 Å². The van der Waals surface area contributed by atoms with Gasteiger partial charge in [-0.2, -0.15) is 0 Å². The highest BCUT2D eigenvalue weighted by Crippen LogP contribution is 2.15. The number of halogens is 2. The van der Waals surface area contributed by atoms with Crippen LogP contribution < -0.4 is 0 Å². The molecule has 0 amide bonds. The second-order valence-corrected chi connectivity index (χ2v) is 5.89. The molecule has 1 aromatic heterocycles. The third-order valence-electron chi connectivity index (χ3n) is 2.96. The van der Waals surface area contributed by atoms with Crippen LogP contribution in [0.3, 0.4) is 0 Å². The SMILES string of the molecule is C[C@H](Cn1cnnc1[S@](C)=O)C(=O)c1ccc(F)c(F)c1. The lowest BCUT2D eigenvalue weighted by Gasteiger charge is -2.12. The van der Waals surface area contributed by atoms with Crippen molar-refractivity contribution in [3.63, 3.8) is 0 Å². The van der Waals surface area contributed by atoms with Crippen molar-refractivity contribution in [2.75, 3.05) is 6.26 Å². The Morgan fingerprint density at radius 2 is 2.10 bits per heavy atom. The van der Waals surface area contributed by atoms with Gasteiger partial charge in [0, 0.05) is 24.3 Å². The topological polar surface area (TPSA) is 64.8 Å². The molecule has 2 aromatic rings. The molecule has 0 spiro atoms. The van der Waals surface area contributed by atoms with Crippen LogP contribution >= 0.6 is 0 Å². The number of rotatable bonds is 5. The maximum atomic E-state index is 13.2. The molecular weight excluding hydrogens is 300 g/mol. The molecule has 21 heavy (non-hydrogen) atoms. The zero-order valence-corrected chi connectivity index (χ0v) is 12.2. The number of carbonyl (C=O) groups is 1. The van der Waals surface area contributed by atoms with Crippen LogP contribution in [-0.4, -0.2) is 31.0 Å². The van der Waals surface area contributed by atoms with Crippen LogP contribution in [0.25, 0.3) is 0 Å². The van der Waals surface area contributed by atoms with Crippen molar-refractivity contribution in [1.29, 1.82) is 0 Å². The fraction of sp³-hybridized carbons (Fsp3) is 0.308. The average Bonchev–Trinajstić information content (AvgIpc) is 2.89. The molecule has 0 aliphatic heterocycles. The van der Waals surface area contributed by atoms with Gasteiger partial charge in [-0.15, -0.1) is 10.2 Å². The van der Waals surface area contributed by atoms with Crippen molar-refractivity contribution < 1.29 is 17.8 Å². The van der Waals surface area contributed by atoms with Gasteiger partial charge in [0.1, 0.15) is 6.33 Å². The average molecular weight is 313 g/mol. The first kappa shape index (κ1) is 15.4. The Bertz CT molecular complexity index is 702. The predicted octanol–water partition coefficient (Wildman–Crippen LogP) is 1.81. The minimum absolute atomic E-state index is 0.0913. The van der Waals surface area contributed by atoms with E-state index >= 15 is 0 Å². The van der Waals surface area contributed by atoms with Gasteiger partial charge in [0.05, 0.1) is 10.8 Å². The van der Waals surface area contributed by atoms with E-state index in [4.69, 9.17) is 0 Å². The van der Waals surface area contributed by atoms with Crippen LogP contribution in [0.2, 0.25) is 0 Å². The van der Waals surface area contributed by atoms with Crippen molar-refractivity contribution in [3.8, 4) is 0 Å². The van der Waals surface area contributed by atoms with Gasteiger partial charge >= 0.3 is 0 Å². The summed E-state index contributed by atoms with van der Waals surface area (Å²) in [4.78, 5) is 12.2. The van der Waals surface area contributed by atoms with E-state index in [1.807, 2.05) is 0 Å². The molecular formula is C13H13F2N3O2S. The largest absolute Gasteiger partial charge is 0.306 e. The summed E-state index contributed by atoms with van der Waals surface area (Å²) in [6.45, 7) is 1.85. The minimum Gasteiger partial charge on any atom is -0.306 e. The lowest BCUT2D eigenvalue weighted by Crippen LogP contribution is -2.19. The predicted molar refractivity (Wildman–Crippen MR) is 72.2 cm³/mol. The first-order valence-corrected chi connectivity index (χ1v) is 7.66. The van der Waals surface area contributed by atoms with Gasteiger partial charge in [-0.25, -0.2) is 8.78 Å². The monoisotopic (exact) mass is 313 g/mol. The van der Waals surface area contributed by atoms with Gasteiger partial charge in [-0.05, 0) is 18.2 Å². The molecule has 0 saturated carbocycles. The van der Waals surface area contributed by atoms with E-state index in [0.717, 1.165) is 12.1 Å². The fourth-order valence-electron chi connectivity index (χ4n) is 1.90. The zero-order valence-electron chi connectivity index (χ0n) is 11.4. The summed E-state index contributed by atoms with van der Waals surface area (Å²) >= 11 is 0. The van der Waals surface area contributed by atoms with Crippen molar-refractivity contribution in [1.82, 2.24) is 14.8 Å². The zero-order chi connectivity index (χ0) is 15.6. The lowest BCUT2D eigenvalue weighted by molar-refractivity contribution is 0.0916. The maximum Gasteiger partial charge on any atom is 0.221 e. The van der Waals surface area contributed by atoms with E-state index < -0.39 is 28.4 Å². The summed E-state index contributed by atoms with van der Waals surface area (Å²) in [6.07, 6.45) is 2.84. The van der Waals surface area contributed by atoms with Crippen LogP contribution in [0, 0.1) is 17.6 Å². The van der Waals surface area contributed by atoms with E-state index in [-0.39, 0.29) is 23.0 Å². The van der Waals surface area contributed by atoms with E-state index in [0.29, 0.717) is 0 Å². The van der Waals surface area contributed by atoms with Crippen LogP contribution in [0.1, 0.15) is 17.3 Å². The molecule has 0 unspecified atom stereocenters. The molecule has 2 rings (SSSR count). The summed E-state index contributed by atoms with van der Waals surface area (Å²) in [5.74, 6) is -2.92. The highest BCUT2D eigenvalue weighted by atomic mass is 32.2. The number of carbonyl (C=O) groups excluding carboxylic acids is 1. The molecule has 0 aliphatic carbocycles. The van der Waals surface area contributed by atoms with Crippen LogP contribution in [0.5, 0.6) is 0 Å². The number of benzene rings is 1. The first-order chi connectivity index (χ1) is 9.90. The van der Waals surface area contributed by atoms with Gasteiger partial charge in [0.2, 0.25) is 5.16 Å². The molecule has 0 saturated heterocycles. The Hall–Kier alpha value is -1.96. The number of hydrogen-bond donors (Lipinski definition) is 0. The van der Waals surface area contributed by atoms with Crippen LogP contribution in [0.15, 0.2) is 29.7 Å². The van der Waals surface area contributed by atoms with E-state index in [1.54, 1.807) is 6.92 Å². The Labute approximate surface area is 122 Å². The summed E-state index contributed by atoms with van der Waals surface area (Å²) in [5, 5.41) is 7.64. The van der Waals surface area contributed by atoms with Crippen molar-refractivity contribution in [2.45, 2.75) is 18.6 Å². The van der Waals surface area contributed by atoms with Gasteiger partial charge in [0.15, 0.2) is 17.4 Å². The number of Topliss-reactive ketones (excluding diaryl/α,β-unsaturated/α-hetero) is 1. The first-order valence-electron chi connectivity index (χ1n) is 6.10. The normalized spacial score (nSPS) is 13.9. The molecule has 2 atom stereocenters. The van der Waals surface area contributed by atoms with Crippen LogP contribution in [-0.2, 0) is 17.3 Å². The second-order valence-electron chi connectivity index (χ2n) is 4.61. The van der Waals surface area contributed by atoms with Gasteiger partial charge in [-0.3, -0.25) is 9.00 Å².